The number of benzene rings is 1. The molecule has 0 bridgehead atoms. The molecule has 1 aliphatic heterocycles. The van der Waals surface area contributed by atoms with Gasteiger partial charge in [0.25, 0.3) is 5.56 Å². The van der Waals surface area contributed by atoms with E-state index < -0.39 is 0 Å². The molecule has 0 radical (unpaired) electrons. The van der Waals surface area contributed by atoms with Gasteiger partial charge in [0.1, 0.15) is 5.65 Å². The summed E-state index contributed by atoms with van der Waals surface area (Å²) < 4.78 is 1.84. The molecule has 0 amide bonds. The number of pyridine rings is 2. The molecule has 178 valence electrons. The van der Waals surface area contributed by atoms with Gasteiger partial charge in [-0.15, -0.1) is 0 Å². The van der Waals surface area contributed by atoms with Gasteiger partial charge in [-0.2, -0.15) is 4.98 Å². The van der Waals surface area contributed by atoms with Gasteiger partial charge in [-0.25, -0.2) is 4.98 Å². The highest BCUT2D eigenvalue weighted by atomic mass is 35.5. The Morgan fingerprint density at radius 3 is 2.60 bits per heavy atom. The lowest BCUT2D eigenvalue weighted by Crippen LogP contribution is -2.27. The third-order valence-electron chi connectivity index (χ3n) is 7.44. The summed E-state index contributed by atoms with van der Waals surface area (Å²) in [5, 5.41) is 4.33. The highest BCUT2D eigenvalue weighted by molar-refractivity contribution is 6.33. The first-order chi connectivity index (χ1) is 16.9. The molecular weight excluding hydrogens is 460 g/mol. The number of nitrogens with zero attached hydrogens (tertiary/aromatic N) is 5. The first kappa shape index (κ1) is 22.2. The number of hydrogen-bond donors (Lipinski definition) is 1. The van der Waals surface area contributed by atoms with Gasteiger partial charge in [0, 0.05) is 65.7 Å². The van der Waals surface area contributed by atoms with Crippen molar-refractivity contribution < 1.29 is 0 Å². The first-order valence-corrected chi connectivity index (χ1v) is 12.3. The van der Waals surface area contributed by atoms with Crippen LogP contribution in [0.1, 0.15) is 5.69 Å². The summed E-state index contributed by atoms with van der Waals surface area (Å²) in [5.41, 5.74) is 4.57. The molecule has 4 heterocycles. The zero-order valence-corrected chi connectivity index (χ0v) is 20.8. The summed E-state index contributed by atoms with van der Waals surface area (Å²) >= 11 is 6.77. The van der Waals surface area contributed by atoms with Gasteiger partial charge in [0.2, 0.25) is 5.95 Å². The number of aryl methyl sites for hydroxylation is 1. The van der Waals surface area contributed by atoms with Crippen molar-refractivity contribution in [2.75, 3.05) is 32.5 Å². The summed E-state index contributed by atoms with van der Waals surface area (Å²) in [6, 6.07) is 13.5. The van der Waals surface area contributed by atoms with Gasteiger partial charge in [0.15, 0.2) is 0 Å². The maximum Gasteiger partial charge on any atom is 0.260 e. The number of likely N-dealkylation sites (tertiary alicyclic amines) is 1. The van der Waals surface area contributed by atoms with Gasteiger partial charge >= 0.3 is 0 Å². The molecule has 2 aliphatic rings. The Morgan fingerprint density at radius 2 is 1.89 bits per heavy atom. The molecule has 1 aliphatic carbocycles. The molecule has 2 atom stereocenters. The van der Waals surface area contributed by atoms with E-state index in [9.17, 15) is 4.79 Å². The minimum Gasteiger partial charge on any atom is -0.357 e. The van der Waals surface area contributed by atoms with Crippen molar-refractivity contribution in [1.82, 2.24) is 24.4 Å². The number of rotatable bonds is 5. The number of piperidine rings is 1. The van der Waals surface area contributed by atoms with Gasteiger partial charge in [-0.05, 0) is 56.0 Å². The van der Waals surface area contributed by atoms with Crippen LogP contribution in [0, 0.1) is 24.7 Å². The summed E-state index contributed by atoms with van der Waals surface area (Å²) in [5.74, 6) is 2.31. The molecule has 1 saturated heterocycles. The van der Waals surface area contributed by atoms with Crippen LogP contribution in [0.25, 0.3) is 33.4 Å². The average Bonchev–Trinajstić information content (AvgIpc) is 3.30. The monoisotopic (exact) mass is 486 g/mol. The molecule has 4 aromatic rings. The zero-order chi connectivity index (χ0) is 24.3. The van der Waals surface area contributed by atoms with E-state index in [1.807, 2.05) is 54.0 Å². The van der Waals surface area contributed by atoms with E-state index in [-0.39, 0.29) is 5.56 Å². The van der Waals surface area contributed by atoms with Crippen LogP contribution in [0.4, 0.5) is 5.95 Å². The predicted octanol–water partition coefficient (Wildman–Crippen LogP) is 4.33. The number of anilines is 1. The normalized spacial score (nSPS) is 21.3. The Labute approximate surface area is 208 Å². The second-order valence-corrected chi connectivity index (χ2v) is 10.2. The molecule has 1 aromatic carbocycles. The third kappa shape index (κ3) is 3.89. The number of halogens is 1. The summed E-state index contributed by atoms with van der Waals surface area (Å²) in [6.07, 6.45) is 1.77. The molecular formula is C27H27ClN6O. The lowest BCUT2D eigenvalue weighted by molar-refractivity contribution is 0.332. The first-order valence-electron chi connectivity index (χ1n) is 11.9. The summed E-state index contributed by atoms with van der Waals surface area (Å²) in [4.78, 5) is 29.9. The Balaban J connectivity index is 1.45. The Hall–Kier alpha value is -3.29. The van der Waals surface area contributed by atoms with Gasteiger partial charge < -0.3 is 10.2 Å². The van der Waals surface area contributed by atoms with Crippen molar-refractivity contribution in [3.8, 4) is 22.4 Å². The van der Waals surface area contributed by atoms with Crippen LogP contribution in [0.2, 0.25) is 5.02 Å². The molecule has 1 N–H and O–H groups in total. The van der Waals surface area contributed by atoms with E-state index >= 15 is 0 Å². The molecule has 2 unspecified atom stereocenters. The predicted molar refractivity (Wildman–Crippen MR) is 140 cm³/mol. The Morgan fingerprint density at radius 1 is 1.09 bits per heavy atom. The van der Waals surface area contributed by atoms with E-state index in [2.05, 4.69) is 32.2 Å². The SMILES string of the molecule is CNc1ncc2cc(-c3ccc(-c4cccc(C)n4)cc3Cl)c(=O)n(CC3C4CN(C)CC43)c2n1. The molecule has 3 aromatic heterocycles. The van der Waals surface area contributed by atoms with Crippen molar-refractivity contribution >= 4 is 28.6 Å². The van der Waals surface area contributed by atoms with Crippen LogP contribution in [-0.2, 0) is 6.54 Å². The van der Waals surface area contributed by atoms with Gasteiger partial charge in [-0.1, -0.05) is 29.8 Å². The van der Waals surface area contributed by atoms with Crippen LogP contribution in [0.5, 0.6) is 0 Å². The fourth-order valence-corrected chi connectivity index (χ4v) is 5.86. The summed E-state index contributed by atoms with van der Waals surface area (Å²) in [7, 11) is 3.94. The van der Waals surface area contributed by atoms with Crippen molar-refractivity contribution in [3.63, 3.8) is 0 Å². The molecule has 7 nitrogen and oxygen atoms in total. The largest absolute Gasteiger partial charge is 0.357 e. The number of nitrogens with one attached hydrogen (secondary N) is 1. The van der Waals surface area contributed by atoms with Crippen LogP contribution < -0.4 is 10.9 Å². The highest BCUT2D eigenvalue weighted by Gasteiger charge is 2.54. The quantitative estimate of drug-likeness (QED) is 0.452. The standard InChI is InChI=1S/C27H27ClN6O/c1-15-5-4-6-24(31-15)16-7-8-18(23(28)10-16)19-9-17-11-30-27(29-2)32-25(17)34(26(19)35)14-22-20-12-33(3)13-21(20)22/h4-11,20-22H,12-14H2,1-3H3,(H,29,30,32). The van der Waals surface area contributed by atoms with Crippen molar-refractivity contribution in [2.24, 2.45) is 17.8 Å². The fraction of sp³-hybridized carbons (Fsp3) is 0.333. The van der Waals surface area contributed by atoms with E-state index in [1.165, 1.54) is 0 Å². The Kier molecular flexibility index (Phi) is 5.34. The topological polar surface area (TPSA) is 75.9 Å². The smallest absolute Gasteiger partial charge is 0.260 e. The van der Waals surface area contributed by atoms with E-state index in [1.54, 1.807) is 13.2 Å². The second-order valence-electron chi connectivity index (χ2n) is 9.77. The van der Waals surface area contributed by atoms with Crippen molar-refractivity contribution in [3.05, 3.63) is 69.7 Å². The molecule has 2 fully saturated rings. The fourth-order valence-electron chi connectivity index (χ4n) is 5.58. The summed E-state index contributed by atoms with van der Waals surface area (Å²) in [6.45, 7) is 4.82. The van der Waals surface area contributed by atoms with Crippen LogP contribution in [0.3, 0.4) is 0 Å². The lowest BCUT2D eigenvalue weighted by atomic mass is 10.0. The zero-order valence-electron chi connectivity index (χ0n) is 20.0. The molecule has 35 heavy (non-hydrogen) atoms. The number of fused-ring (bicyclic) bond motifs is 2. The van der Waals surface area contributed by atoms with E-state index in [0.29, 0.717) is 52.0 Å². The van der Waals surface area contributed by atoms with Crippen molar-refractivity contribution in [1.29, 1.82) is 0 Å². The van der Waals surface area contributed by atoms with Gasteiger partial charge in [0.05, 0.1) is 5.69 Å². The molecule has 1 saturated carbocycles. The minimum atomic E-state index is -0.0695. The second kappa shape index (κ2) is 8.43. The number of aromatic nitrogens is 4. The van der Waals surface area contributed by atoms with Crippen LogP contribution >= 0.6 is 11.6 Å². The van der Waals surface area contributed by atoms with E-state index in [0.717, 1.165) is 35.4 Å². The molecule has 0 spiro atoms. The van der Waals surface area contributed by atoms with Crippen molar-refractivity contribution in [2.45, 2.75) is 13.5 Å². The molecule has 8 heteroatoms. The molecule has 6 rings (SSSR count). The van der Waals surface area contributed by atoms with Crippen LogP contribution in [0.15, 0.2) is 53.5 Å². The maximum absolute atomic E-state index is 13.9. The number of hydrogen-bond acceptors (Lipinski definition) is 6. The Bertz CT molecular complexity index is 1500. The lowest BCUT2D eigenvalue weighted by Gasteiger charge is -2.17. The average molecular weight is 487 g/mol. The maximum atomic E-state index is 13.9. The minimum absolute atomic E-state index is 0.0695. The highest BCUT2D eigenvalue weighted by Crippen LogP contribution is 2.52. The van der Waals surface area contributed by atoms with Gasteiger partial charge in [-0.3, -0.25) is 14.3 Å². The third-order valence-corrected chi connectivity index (χ3v) is 7.75. The van der Waals surface area contributed by atoms with Crippen LogP contribution in [-0.4, -0.2) is 51.6 Å². The van der Waals surface area contributed by atoms with E-state index in [4.69, 9.17) is 11.6 Å².